The van der Waals surface area contributed by atoms with Crippen LogP contribution in [-0.2, 0) is 6.42 Å². The Morgan fingerprint density at radius 1 is 1.19 bits per heavy atom. The van der Waals surface area contributed by atoms with Crippen molar-refractivity contribution >= 4 is 0 Å². The first-order valence-electron chi connectivity index (χ1n) is 7.69. The molecular formula is C16H21F3N2. The molecule has 21 heavy (non-hydrogen) atoms. The summed E-state index contributed by atoms with van der Waals surface area (Å²) in [7, 11) is 0. The molecule has 1 unspecified atom stereocenters. The van der Waals surface area contributed by atoms with Gasteiger partial charge in [0.1, 0.15) is 0 Å². The Labute approximate surface area is 122 Å². The maximum absolute atomic E-state index is 12.8. The fraction of sp³-hybridized carbons (Fsp3) is 0.688. The molecular weight excluding hydrogens is 277 g/mol. The van der Waals surface area contributed by atoms with Crippen LogP contribution in [0.1, 0.15) is 55.7 Å². The molecule has 0 spiro atoms. The van der Waals surface area contributed by atoms with Crippen LogP contribution >= 0.6 is 0 Å². The Kier molecular flexibility index (Phi) is 3.72. The minimum Gasteiger partial charge on any atom is -0.324 e. The lowest BCUT2D eigenvalue weighted by Gasteiger charge is -2.44. The van der Waals surface area contributed by atoms with Crippen LogP contribution in [0, 0.1) is 5.92 Å². The first-order chi connectivity index (χ1) is 9.90. The van der Waals surface area contributed by atoms with E-state index in [1.807, 2.05) is 6.07 Å². The van der Waals surface area contributed by atoms with Crippen LogP contribution in [0.25, 0.3) is 0 Å². The van der Waals surface area contributed by atoms with E-state index in [-0.39, 0.29) is 18.8 Å². The minimum atomic E-state index is -4.08. The number of aromatic nitrogens is 1. The van der Waals surface area contributed by atoms with Gasteiger partial charge in [-0.3, -0.25) is 4.98 Å². The molecule has 2 aliphatic rings. The number of nitrogens with two attached hydrogens (primary N) is 1. The number of hydrogen-bond donors (Lipinski definition) is 1. The van der Waals surface area contributed by atoms with E-state index in [1.165, 1.54) is 5.56 Å². The fourth-order valence-electron chi connectivity index (χ4n) is 4.00. The Balaban J connectivity index is 1.79. The van der Waals surface area contributed by atoms with Crippen LogP contribution in [-0.4, -0.2) is 16.7 Å². The third-order valence-corrected chi connectivity index (χ3v) is 5.27. The zero-order valence-electron chi connectivity index (χ0n) is 12.0. The molecule has 116 valence electrons. The average Bonchev–Trinajstić information content (AvgIpc) is 2.46. The predicted octanol–water partition coefficient (Wildman–Crippen LogP) is 3.95. The summed E-state index contributed by atoms with van der Waals surface area (Å²) in [5.74, 6) is -1.07. The van der Waals surface area contributed by atoms with Crippen LogP contribution in [0.15, 0.2) is 18.3 Å². The first-order valence-corrected chi connectivity index (χ1v) is 7.69. The second-order valence-electron chi connectivity index (χ2n) is 6.54. The highest BCUT2D eigenvalue weighted by atomic mass is 19.4. The first kappa shape index (κ1) is 14.8. The van der Waals surface area contributed by atoms with Crippen molar-refractivity contribution in [3.63, 3.8) is 0 Å². The minimum absolute atomic E-state index is 0.108. The van der Waals surface area contributed by atoms with Gasteiger partial charge in [-0.1, -0.05) is 6.07 Å². The van der Waals surface area contributed by atoms with Crippen LogP contribution in [0.2, 0.25) is 0 Å². The molecule has 2 aliphatic carbocycles. The maximum Gasteiger partial charge on any atom is 0.391 e. The number of fused-ring (bicyclic) bond motifs is 1. The summed E-state index contributed by atoms with van der Waals surface area (Å²) < 4.78 is 38.5. The zero-order chi connectivity index (χ0) is 15.1. The average molecular weight is 298 g/mol. The molecule has 1 heterocycles. The van der Waals surface area contributed by atoms with E-state index in [0.717, 1.165) is 25.0 Å². The predicted molar refractivity (Wildman–Crippen MR) is 74.8 cm³/mol. The molecule has 1 fully saturated rings. The molecule has 0 aromatic carbocycles. The molecule has 1 atom stereocenters. The quantitative estimate of drug-likeness (QED) is 0.852. The van der Waals surface area contributed by atoms with Gasteiger partial charge in [-0.15, -0.1) is 0 Å². The SMILES string of the molecule is NC1(C2CCCc3cccnc32)CCC(C(F)(F)F)CC1. The lowest BCUT2D eigenvalue weighted by Crippen LogP contribution is -2.51. The van der Waals surface area contributed by atoms with Gasteiger partial charge in [-0.05, 0) is 56.6 Å². The lowest BCUT2D eigenvalue weighted by atomic mass is 9.65. The largest absolute Gasteiger partial charge is 0.391 e. The lowest BCUT2D eigenvalue weighted by molar-refractivity contribution is -0.185. The highest BCUT2D eigenvalue weighted by molar-refractivity contribution is 5.29. The summed E-state index contributed by atoms with van der Waals surface area (Å²) in [6.07, 6.45) is 1.86. The summed E-state index contributed by atoms with van der Waals surface area (Å²) in [4.78, 5) is 4.49. The summed E-state index contributed by atoms with van der Waals surface area (Å²) in [5, 5.41) is 0. The topological polar surface area (TPSA) is 38.9 Å². The van der Waals surface area contributed by atoms with E-state index in [9.17, 15) is 13.2 Å². The van der Waals surface area contributed by atoms with Gasteiger partial charge in [-0.2, -0.15) is 13.2 Å². The normalized spacial score (nSPS) is 33.5. The van der Waals surface area contributed by atoms with Gasteiger partial charge in [0.05, 0.1) is 5.92 Å². The number of pyridine rings is 1. The van der Waals surface area contributed by atoms with E-state index >= 15 is 0 Å². The second kappa shape index (κ2) is 5.27. The van der Waals surface area contributed by atoms with Gasteiger partial charge in [0.15, 0.2) is 0 Å². The van der Waals surface area contributed by atoms with Gasteiger partial charge < -0.3 is 5.73 Å². The summed E-state index contributed by atoms with van der Waals surface area (Å²) in [6, 6.07) is 3.99. The van der Waals surface area contributed by atoms with Crippen molar-refractivity contribution < 1.29 is 13.2 Å². The number of hydrogen-bond acceptors (Lipinski definition) is 2. The zero-order valence-corrected chi connectivity index (χ0v) is 12.0. The van der Waals surface area contributed by atoms with Gasteiger partial charge in [0, 0.05) is 23.3 Å². The van der Waals surface area contributed by atoms with Crippen LogP contribution in [0.4, 0.5) is 13.2 Å². The molecule has 2 N–H and O–H groups in total. The van der Waals surface area contributed by atoms with Crippen LogP contribution in [0.3, 0.4) is 0 Å². The number of aryl methyl sites for hydroxylation is 1. The molecule has 5 heteroatoms. The highest BCUT2D eigenvalue weighted by Gasteiger charge is 2.48. The van der Waals surface area contributed by atoms with Gasteiger partial charge in [-0.25, -0.2) is 0 Å². The molecule has 0 bridgehead atoms. The summed E-state index contributed by atoms with van der Waals surface area (Å²) in [6.45, 7) is 0. The Hall–Kier alpha value is -1.10. The number of rotatable bonds is 1. The summed E-state index contributed by atoms with van der Waals surface area (Å²) >= 11 is 0. The van der Waals surface area contributed by atoms with Crippen molar-refractivity contribution in [3.05, 3.63) is 29.6 Å². The van der Waals surface area contributed by atoms with E-state index in [0.29, 0.717) is 12.8 Å². The standard InChI is InChI=1S/C16H21F3N2/c17-16(18,19)12-6-8-15(20,9-7-12)13-5-1-3-11-4-2-10-21-14(11)13/h2,4,10,12-13H,1,3,5-9,20H2. The Morgan fingerprint density at radius 2 is 1.90 bits per heavy atom. The van der Waals surface area contributed by atoms with E-state index in [4.69, 9.17) is 5.73 Å². The Bertz CT molecular complexity index is 504. The molecule has 0 aliphatic heterocycles. The summed E-state index contributed by atoms with van der Waals surface area (Å²) in [5.41, 5.74) is 8.27. The van der Waals surface area contributed by atoms with E-state index in [2.05, 4.69) is 11.1 Å². The van der Waals surface area contributed by atoms with Crippen molar-refractivity contribution in [1.29, 1.82) is 0 Å². The molecule has 3 rings (SSSR count). The molecule has 1 aromatic heterocycles. The third-order valence-electron chi connectivity index (χ3n) is 5.27. The number of halogens is 3. The molecule has 0 amide bonds. The molecule has 0 radical (unpaired) electrons. The fourth-order valence-corrected chi connectivity index (χ4v) is 4.00. The number of alkyl halides is 3. The van der Waals surface area contributed by atoms with Gasteiger partial charge in [0.2, 0.25) is 0 Å². The smallest absolute Gasteiger partial charge is 0.324 e. The van der Waals surface area contributed by atoms with E-state index in [1.54, 1.807) is 6.20 Å². The van der Waals surface area contributed by atoms with E-state index < -0.39 is 17.6 Å². The van der Waals surface area contributed by atoms with Gasteiger partial charge >= 0.3 is 6.18 Å². The monoisotopic (exact) mass is 298 g/mol. The van der Waals surface area contributed by atoms with Crippen LogP contribution < -0.4 is 5.73 Å². The Morgan fingerprint density at radius 3 is 2.57 bits per heavy atom. The van der Waals surface area contributed by atoms with Crippen molar-refractivity contribution in [2.24, 2.45) is 11.7 Å². The molecule has 1 saturated carbocycles. The molecule has 0 saturated heterocycles. The van der Waals surface area contributed by atoms with Crippen LogP contribution in [0.5, 0.6) is 0 Å². The molecule has 2 nitrogen and oxygen atoms in total. The van der Waals surface area contributed by atoms with Crippen molar-refractivity contribution in [3.8, 4) is 0 Å². The number of nitrogens with zero attached hydrogens (tertiary/aromatic N) is 1. The third kappa shape index (κ3) is 2.80. The maximum atomic E-state index is 12.8. The van der Waals surface area contributed by atoms with Crippen molar-refractivity contribution in [1.82, 2.24) is 4.98 Å². The molecule has 1 aromatic rings. The highest BCUT2D eigenvalue weighted by Crippen LogP contribution is 2.47. The second-order valence-corrected chi connectivity index (χ2v) is 6.54. The van der Waals surface area contributed by atoms with Crippen molar-refractivity contribution in [2.75, 3.05) is 0 Å². The van der Waals surface area contributed by atoms with Gasteiger partial charge in [0.25, 0.3) is 0 Å². The van der Waals surface area contributed by atoms with Crippen molar-refractivity contribution in [2.45, 2.75) is 62.6 Å².